The maximum atomic E-state index is 13.6. The summed E-state index contributed by atoms with van der Waals surface area (Å²) < 4.78 is 6.91. The van der Waals surface area contributed by atoms with Crippen molar-refractivity contribution < 1.29 is 14.6 Å². The van der Waals surface area contributed by atoms with Crippen molar-refractivity contribution in [1.29, 1.82) is 0 Å². The van der Waals surface area contributed by atoms with Gasteiger partial charge in [0.1, 0.15) is 6.61 Å². The number of esters is 1. The van der Waals surface area contributed by atoms with E-state index in [0.29, 0.717) is 23.4 Å². The van der Waals surface area contributed by atoms with Crippen molar-refractivity contribution in [3.05, 3.63) is 69.1 Å². The number of alkyl halides is 1. The Morgan fingerprint density at radius 3 is 2.80 bits per heavy atom. The number of carbonyl (C=O) groups excluding carboxylic acids is 1. The van der Waals surface area contributed by atoms with Gasteiger partial charge in [0.15, 0.2) is 5.60 Å². The topological polar surface area (TPSA) is 94.3 Å². The summed E-state index contributed by atoms with van der Waals surface area (Å²) >= 11 is 3.54. The van der Waals surface area contributed by atoms with E-state index in [1.807, 2.05) is 18.2 Å². The van der Waals surface area contributed by atoms with Crippen molar-refractivity contribution in [2.45, 2.75) is 51.4 Å². The van der Waals surface area contributed by atoms with E-state index in [1.165, 1.54) is 5.56 Å². The van der Waals surface area contributed by atoms with Gasteiger partial charge in [0.25, 0.3) is 5.56 Å². The molecule has 1 aromatic carbocycles. The van der Waals surface area contributed by atoms with E-state index in [0.717, 1.165) is 57.7 Å². The van der Waals surface area contributed by atoms with E-state index in [4.69, 9.17) is 9.72 Å². The zero-order chi connectivity index (χ0) is 24.3. The summed E-state index contributed by atoms with van der Waals surface area (Å²) in [4.78, 5) is 35.6. The standard InChI is InChI=1S/C27H24BrN3O4/c1-2-27(34)19-12-22-24-17(13-31(22)25(32)18(19)14-35-26(27)33)15(6-3-4-10-28)23-16-7-5-11-29-20(16)8-9-21(23)30-24/h5,7-9,11-12,34H,2-4,6,10,13-14H2,1H3/t27-/m0/s1. The molecule has 0 bridgehead atoms. The van der Waals surface area contributed by atoms with Crippen LogP contribution in [0.2, 0.25) is 0 Å². The lowest BCUT2D eigenvalue weighted by Crippen LogP contribution is -2.44. The molecule has 178 valence electrons. The smallest absolute Gasteiger partial charge is 0.343 e. The number of fused-ring (bicyclic) bond motifs is 7. The molecule has 0 saturated carbocycles. The Morgan fingerprint density at radius 1 is 1.17 bits per heavy atom. The molecule has 0 saturated heterocycles. The lowest BCUT2D eigenvalue weighted by Gasteiger charge is -2.31. The number of hydrogen-bond donors (Lipinski definition) is 1. The summed E-state index contributed by atoms with van der Waals surface area (Å²) in [5, 5.41) is 14.2. The Hall–Kier alpha value is -3.10. The molecule has 0 aliphatic carbocycles. The molecule has 35 heavy (non-hydrogen) atoms. The zero-order valence-electron chi connectivity index (χ0n) is 19.3. The number of halogens is 1. The number of aryl methyl sites for hydroxylation is 1. The molecule has 8 heteroatoms. The van der Waals surface area contributed by atoms with Gasteiger partial charge in [-0.15, -0.1) is 0 Å². The fourth-order valence-corrected chi connectivity index (χ4v) is 5.89. The SMILES string of the molecule is CC[C@@]1(O)C(=O)OCc2c1cc1n(c2=O)Cc2c-1nc1ccc3ncccc3c1c2CCCCBr. The van der Waals surface area contributed by atoms with Crippen molar-refractivity contribution in [3.63, 3.8) is 0 Å². The first-order valence-electron chi connectivity index (χ1n) is 11.9. The molecule has 0 amide bonds. The molecule has 1 atom stereocenters. The first-order valence-corrected chi connectivity index (χ1v) is 13.0. The number of aromatic nitrogens is 3. The molecular weight excluding hydrogens is 510 g/mol. The van der Waals surface area contributed by atoms with Crippen LogP contribution in [-0.4, -0.2) is 30.9 Å². The molecule has 0 unspecified atom stereocenters. The largest absolute Gasteiger partial charge is 0.458 e. The predicted octanol–water partition coefficient (Wildman–Crippen LogP) is 4.35. The lowest BCUT2D eigenvalue weighted by molar-refractivity contribution is -0.172. The molecule has 6 rings (SSSR count). The highest BCUT2D eigenvalue weighted by Gasteiger charge is 2.45. The molecule has 2 aliphatic heterocycles. The van der Waals surface area contributed by atoms with Gasteiger partial charge in [-0.05, 0) is 55.5 Å². The van der Waals surface area contributed by atoms with Gasteiger partial charge < -0.3 is 14.4 Å². The third-order valence-corrected chi connectivity index (χ3v) is 7.92. The number of nitrogens with zero attached hydrogens (tertiary/aromatic N) is 3. The second-order valence-electron chi connectivity index (χ2n) is 9.20. The quantitative estimate of drug-likeness (QED) is 0.156. The fourth-order valence-electron chi connectivity index (χ4n) is 5.50. The summed E-state index contributed by atoms with van der Waals surface area (Å²) in [5.41, 5.74) is 3.96. The molecule has 0 radical (unpaired) electrons. The van der Waals surface area contributed by atoms with Crippen LogP contribution in [0.5, 0.6) is 0 Å². The highest BCUT2D eigenvalue weighted by molar-refractivity contribution is 9.09. The summed E-state index contributed by atoms with van der Waals surface area (Å²) in [6.07, 6.45) is 4.79. The Bertz CT molecular complexity index is 1600. The Labute approximate surface area is 209 Å². The third kappa shape index (κ3) is 3.19. The van der Waals surface area contributed by atoms with Crippen LogP contribution in [0.4, 0.5) is 0 Å². The zero-order valence-corrected chi connectivity index (χ0v) is 20.9. The Balaban J connectivity index is 1.65. The number of unbranched alkanes of at least 4 members (excludes halogenated alkanes) is 1. The average molecular weight is 534 g/mol. The minimum Gasteiger partial charge on any atom is -0.458 e. The molecule has 2 aliphatic rings. The van der Waals surface area contributed by atoms with Gasteiger partial charge in [-0.2, -0.15) is 0 Å². The van der Waals surface area contributed by atoms with Gasteiger partial charge in [0.2, 0.25) is 0 Å². The minimum atomic E-state index is -1.83. The molecule has 5 heterocycles. The first-order chi connectivity index (χ1) is 17.0. The van der Waals surface area contributed by atoms with Crippen molar-refractivity contribution in [1.82, 2.24) is 14.5 Å². The van der Waals surface area contributed by atoms with Gasteiger partial charge in [-0.1, -0.05) is 28.9 Å². The highest BCUT2D eigenvalue weighted by Crippen LogP contribution is 2.41. The van der Waals surface area contributed by atoms with Crippen LogP contribution in [-0.2, 0) is 34.7 Å². The van der Waals surface area contributed by atoms with Gasteiger partial charge >= 0.3 is 5.97 Å². The van der Waals surface area contributed by atoms with Crippen LogP contribution < -0.4 is 5.56 Å². The van der Waals surface area contributed by atoms with Crippen LogP contribution in [0.25, 0.3) is 33.2 Å². The number of benzene rings is 1. The van der Waals surface area contributed by atoms with Crippen molar-refractivity contribution in [3.8, 4) is 11.4 Å². The molecule has 4 aromatic rings. The summed E-state index contributed by atoms with van der Waals surface area (Å²) in [6, 6.07) is 9.74. The third-order valence-electron chi connectivity index (χ3n) is 7.36. The van der Waals surface area contributed by atoms with E-state index in [-0.39, 0.29) is 18.6 Å². The lowest BCUT2D eigenvalue weighted by atomic mass is 9.86. The van der Waals surface area contributed by atoms with E-state index in [9.17, 15) is 14.7 Å². The van der Waals surface area contributed by atoms with Crippen LogP contribution in [0.3, 0.4) is 0 Å². The first kappa shape index (κ1) is 22.4. The molecule has 7 nitrogen and oxygen atoms in total. The maximum absolute atomic E-state index is 13.6. The van der Waals surface area contributed by atoms with E-state index >= 15 is 0 Å². The molecule has 3 aromatic heterocycles. The predicted molar refractivity (Wildman–Crippen MR) is 137 cm³/mol. The normalized spacial score (nSPS) is 18.4. The highest BCUT2D eigenvalue weighted by atomic mass is 79.9. The number of hydrogen-bond acceptors (Lipinski definition) is 6. The molecule has 1 N–H and O–H groups in total. The number of cyclic esters (lactones) is 1. The van der Waals surface area contributed by atoms with Gasteiger partial charge in [0, 0.05) is 33.4 Å². The van der Waals surface area contributed by atoms with Crippen LogP contribution in [0.15, 0.2) is 41.3 Å². The molecule has 0 spiro atoms. The van der Waals surface area contributed by atoms with Crippen molar-refractivity contribution in [2.24, 2.45) is 0 Å². The number of aliphatic hydroxyl groups is 1. The average Bonchev–Trinajstić information content (AvgIpc) is 3.25. The van der Waals surface area contributed by atoms with E-state index in [2.05, 4.69) is 27.0 Å². The van der Waals surface area contributed by atoms with E-state index < -0.39 is 11.6 Å². The number of ether oxygens (including phenoxy) is 1. The number of carbonyl (C=O) groups is 1. The Morgan fingerprint density at radius 2 is 2.00 bits per heavy atom. The van der Waals surface area contributed by atoms with Gasteiger partial charge in [-0.25, -0.2) is 9.78 Å². The molecular formula is C27H24BrN3O4. The summed E-state index contributed by atoms with van der Waals surface area (Å²) in [6.45, 7) is 1.98. The maximum Gasteiger partial charge on any atom is 0.343 e. The summed E-state index contributed by atoms with van der Waals surface area (Å²) in [5.74, 6) is -0.712. The van der Waals surface area contributed by atoms with Gasteiger partial charge in [-0.3, -0.25) is 9.78 Å². The van der Waals surface area contributed by atoms with Crippen LogP contribution in [0, 0.1) is 0 Å². The Kier molecular flexibility index (Phi) is 5.27. The van der Waals surface area contributed by atoms with E-state index in [1.54, 1.807) is 23.8 Å². The second kappa shape index (κ2) is 8.24. The summed E-state index contributed by atoms with van der Waals surface area (Å²) in [7, 11) is 0. The van der Waals surface area contributed by atoms with Crippen LogP contribution in [0.1, 0.15) is 48.4 Å². The monoisotopic (exact) mass is 533 g/mol. The van der Waals surface area contributed by atoms with Crippen molar-refractivity contribution in [2.75, 3.05) is 5.33 Å². The van der Waals surface area contributed by atoms with Crippen molar-refractivity contribution >= 4 is 43.7 Å². The van der Waals surface area contributed by atoms with Crippen LogP contribution >= 0.6 is 15.9 Å². The fraction of sp³-hybridized carbons (Fsp3) is 0.333. The minimum absolute atomic E-state index is 0.122. The molecule has 0 fully saturated rings. The number of rotatable bonds is 5. The number of pyridine rings is 3. The van der Waals surface area contributed by atoms with Gasteiger partial charge in [0.05, 0.1) is 34.5 Å². The second-order valence-corrected chi connectivity index (χ2v) is 9.99.